The fourth-order valence-electron chi connectivity index (χ4n) is 2.01. The van der Waals surface area contributed by atoms with Gasteiger partial charge in [-0.05, 0) is 31.0 Å². The maximum absolute atomic E-state index is 12.0. The van der Waals surface area contributed by atoms with Gasteiger partial charge in [0.2, 0.25) is 5.91 Å². The smallest absolute Gasteiger partial charge is 0.240 e. The van der Waals surface area contributed by atoms with Gasteiger partial charge in [-0.25, -0.2) is 0 Å². The van der Waals surface area contributed by atoms with Gasteiger partial charge in [0.15, 0.2) is 0 Å². The standard InChI is InChI=1S/C16H26N2O3.ClH/c1-4-8-16(2,17)15(19)18-12-13-6-5-7-14(11-13)21-10-9-20-3;/h5-7,11H,4,8-10,12,17H2,1-3H3,(H,18,19);1H. The molecule has 126 valence electrons. The molecule has 1 aromatic carbocycles. The number of ether oxygens (including phenoxy) is 2. The average Bonchev–Trinajstić information content (AvgIpc) is 2.45. The quantitative estimate of drug-likeness (QED) is 0.681. The van der Waals surface area contributed by atoms with Gasteiger partial charge in [-0.2, -0.15) is 0 Å². The molecule has 22 heavy (non-hydrogen) atoms. The molecule has 1 rings (SSSR count). The number of nitrogens with two attached hydrogens (primary N) is 1. The van der Waals surface area contributed by atoms with Crippen molar-refractivity contribution < 1.29 is 14.3 Å². The van der Waals surface area contributed by atoms with Crippen LogP contribution >= 0.6 is 12.4 Å². The molecule has 3 N–H and O–H groups in total. The first-order valence-electron chi connectivity index (χ1n) is 7.27. The molecule has 0 heterocycles. The lowest BCUT2D eigenvalue weighted by atomic mass is 9.96. The van der Waals surface area contributed by atoms with Gasteiger partial charge in [0, 0.05) is 13.7 Å². The maximum atomic E-state index is 12.0. The summed E-state index contributed by atoms with van der Waals surface area (Å²) in [5, 5.41) is 2.87. The zero-order chi connectivity index (χ0) is 15.7. The molecule has 0 aliphatic rings. The summed E-state index contributed by atoms with van der Waals surface area (Å²) >= 11 is 0. The number of hydrogen-bond acceptors (Lipinski definition) is 4. The van der Waals surface area contributed by atoms with Crippen molar-refractivity contribution >= 4 is 18.3 Å². The number of carbonyl (C=O) groups excluding carboxylic acids is 1. The van der Waals surface area contributed by atoms with E-state index in [1.54, 1.807) is 14.0 Å². The SMILES string of the molecule is CCCC(C)(N)C(=O)NCc1cccc(OCCOC)c1.Cl. The van der Waals surface area contributed by atoms with Crippen molar-refractivity contribution in [3.05, 3.63) is 29.8 Å². The van der Waals surface area contributed by atoms with Crippen LogP contribution in [-0.4, -0.2) is 31.8 Å². The fraction of sp³-hybridized carbons (Fsp3) is 0.562. The number of nitrogens with one attached hydrogen (secondary N) is 1. The number of benzene rings is 1. The summed E-state index contributed by atoms with van der Waals surface area (Å²) < 4.78 is 10.5. The van der Waals surface area contributed by atoms with Crippen molar-refractivity contribution in [3.63, 3.8) is 0 Å². The van der Waals surface area contributed by atoms with Crippen LogP contribution in [0, 0.1) is 0 Å². The molecule has 0 saturated heterocycles. The second-order valence-electron chi connectivity index (χ2n) is 5.34. The molecule has 0 saturated carbocycles. The maximum Gasteiger partial charge on any atom is 0.240 e. The van der Waals surface area contributed by atoms with Crippen LogP contribution in [0.1, 0.15) is 32.3 Å². The van der Waals surface area contributed by atoms with Crippen LogP contribution in [0.5, 0.6) is 5.75 Å². The predicted octanol–water partition coefficient (Wildman–Crippen LogP) is 2.27. The Bertz CT molecular complexity index is 453. The molecule has 0 spiro atoms. The largest absolute Gasteiger partial charge is 0.491 e. The number of halogens is 1. The molecule has 1 unspecified atom stereocenters. The first-order valence-corrected chi connectivity index (χ1v) is 7.27. The third kappa shape index (κ3) is 7.11. The fourth-order valence-corrected chi connectivity index (χ4v) is 2.01. The number of methoxy groups -OCH3 is 1. The highest BCUT2D eigenvalue weighted by atomic mass is 35.5. The summed E-state index contributed by atoms with van der Waals surface area (Å²) in [7, 11) is 1.63. The highest BCUT2D eigenvalue weighted by Crippen LogP contribution is 2.14. The van der Waals surface area contributed by atoms with Gasteiger partial charge >= 0.3 is 0 Å². The van der Waals surface area contributed by atoms with Crippen LogP contribution < -0.4 is 15.8 Å². The van der Waals surface area contributed by atoms with E-state index in [0.717, 1.165) is 17.7 Å². The molecular weight excluding hydrogens is 304 g/mol. The van der Waals surface area contributed by atoms with Gasteiger partial charge in [-0.3, -0.25) is 4.79 Å². The van der Waals surface area contributed by atoms with Gasteiger partial charge in [-0.15, -0.1) is 12.4 Å². The molecule has 1 amide bonds. The molecule has 0 bridgehead atoms. The Morgan fingerprint density at radius 2 is 2.09 bits per heavy atom. The number of amides is 1. The Kier molecular flexibility index (Phi) is 9.81. The van der Waals surface area contributed by atoms with Crippen LogP contribution in [-0.2, 0) is 16.1 Å². The van der Waals surface area contributed by atoms with E-state index in [9.17, 15) is 4.79 Å². The summed E-state index contributed by atoms with van der Waals surface area (Å²) in [5.41, 5.74) is 6.15. The topological polar surface area (TPSA) is 73.6 Å². The van der Waals surface area contributed by atoms with E-state index in [1.165, 1.54) is 0 Å². The average molecular weight is 331 g/mol. The number of rotatable bonds is 9. The molecule has 1 aromatic rings. The van der Waals surface area contributed by atoms with Crippen LogP contribution in [0.2, 0.25) is 0 Å². The Balaban J connectivity index is 0.00000441. The zero-order valence-corrected chi connectivity index (χ0v) is 14.4. The molecule has 1 atom stereocenters. The monoisotopic (exact) mass is 330 g/mol. The van der Waals surface area contributed by atoms with Crippen molar-refractivity contribution in [2.75, 3.05) is 20.3 Å². The molecule has 6 heteroatoms. The van der Waals surface area contributed by atoms with Crippen molar-refractivity contribution in [1.82, 2.24) is 5.32 Å². The van der Waals surface area contributed by atoms with E-state index in [0.29, 0.717) is 26.2 Å². The highest BCUT2D eigenvalue weighted by molar-refractivity contribution is 5.85. The Morgan fingerprint density at radius 1 is 1.36 bits per heavy atom. The van der Waals surface area contributed by atoms with E-state index in [4.69, 9.17) is 15.2 Å². The van der Waals surface area contributed by atoms with Gasteiger partial charge in [0.05, 0.1) is 12.1 Å². The van der Waals surface area contributed by atoms with E-state index >= 15 is 0 Å². The van der Waals surface area contributed by atoms with Crippen LogP contribution in [0.3, 0.4) is 0 Å². The highest BCUT2D eigenvalue weighted by Gasteiger charge is 2.26. The first-order chi connectivity index (χ1) is 9.99. The molecule has 0 aliphatic heterocycles. The second-order valence-corrected chi connectivity index (χ2v) is 5.34. The minimum Gasteiger partial charge on any atom is -0.491 e. The van der Waals surface area contributed by atoms with Crippen LogP contribution in [0.25, 0.3) is 0 Å². The predicted molar refractivity (Wildman–Crippen MR) is 90.4 cm³/mol. The minimum absolute atomic E-state index is 0. The lowest BCUT2D eigenvalue weighted by Crippen LogP contribution is -2.51. The molecule has 0 aliphatic carbocycles. The summed E-state index contributed by atoms with van der Waals surface area (Å²) in [6, 6.07) is 7.63. The van der Waals surface area contributed by atoms with E-state index in [2.05, 4.69) is 5.32 Å². The molecular formula is C16H27ClN2O3. The second kappa shape index (κ2) is 10.4. The van der Waals surface area contributed by atoms with Gasteiger partial charge in [0.1, 0.15) is 12.4 Å². The Hall–Kier alpha value is -1.30. The van der Waals surface area contributed by atoms with Gasteiger partial charge < -0.3 is 20.5 Å². The van der Waals surface area contributed by atoms with Gasteiger partial charge in [-0.1, -0.05) is 25.5 Å². The van der Waals surface area contributed by atoms with Crippen molar-refractivity contribution in [1.29, 1.82) is 0 Å². The Morgan fingerprint density at radius 3 is 2.73 bits per heavy atom. The van der Waals surface area contributed by atoms with Crippen LogP contribution in [0.15, 0.2) is 24.3 Å². The van der Waals surface area contributed by atoms with Crippen LogP contribution in [0.4, 0.5) is 0 Å². The first kappa shape index (κ1) is 20.7. The summed E-state index contributed by atoms with van der Waals surface area (Å²) in [6.45, 7) is 5.26. The van der Waals surface area contributed by atoms with E-state index < -0.39 is 5.54 Å². The number of carbonyl (C=O) groups is 1. The minimum atomic E-state index is -0.818. The lowest BCUT2D eigenvalue weighted by molar-refractivity contribution is -0.126. The summed E-state index contributed by atoms with van der Waals surface area (Å²) in [5.74, 6) is 0.637. The molecule has 0 fully saturated rings. The summed E-state index contributed by atoms with van der Waals surface area (Å²) in [4.78, 5) is 12.0. The van der Waals surface area contributed by atoms with Crippen molar-refractivity contribution in [2.24, 2.45) is 5.73 Å². The third-order valence-electron chi connectivity index (χ3n) is 3.20. The van der Waals surface area contributed by atoms with Crippen molar-refractivity contribution in [3.8, 4) is 5.75 Å². The zero-order valence-electron chi connectivity index (χ0n) is 13.6. The van der Waals surface area contributed by atoms with Crippen molar-refractivity contribution in [2.45, 2.75) is 38.8 Å². The Labute approximate surface area is 139 Å². The summed E-state index contributed by atoms with van der Waals surface area (Å²) in [6.07, 6.45) is 1.54. The molecule has 5 nitrogen and oxygen atoms in total. The normalized spacial score (nSPS) is 12.9. The van der Waals surface area contributed by atoms with E-state index in [-0.39, 0.29) is 18.3 Å². The molecule has 0 radical (unpaired) electrons. The number of hydrogen-bond donors (Lipinski definition) is 2. The third-order valence-corrected chi connectivity index (χ3v) is 3.20. The lowest BCUT2D eigenvalue weighted by Gasteiger charge is -2.22. The molecule has 0 aromatic heterocycles. The van der Waals surface area contributed by atoms with Gasteiger partial charge in [0.25, 0.3) is 0 Å². The van der Waals surface area contributed by atoms with E-state index in [1.807, 2.05) is 31.2 Å².